The van der Waals surface area contributed by atoms with Gasteiger partial charge in [0.05, 0.1) is 29.0 Å². The van der Waals surface area contributed by atoms with Crippen molar-refractivity contribution in [1.29, 1.82) is 0 Å². The fourth-order valence-corrected chi connectivity index (χ4v) is 3.13. The van der Waals surface area contributed by atoms with Crippen LogP contribution in [0.15, 0.2) is 41.5 Å². The molecule has 3 aromatic rings. The molecule has 0 aliphatic rings. The third kappa shape index (κ3) is 5.16. The highest BCUT2D eigenvalue weighted by Crippen LogP contribution is 2.31. The first kappa shape index (κ1) is 23.0. The van der Waals surface area contributed by atoms with Gasteiger partial charge in [-0.25, -0.2) is 4.68 Å². The van der Waals surface area contributed by atoms with E-state index in [4.69, 9.17) is 0 Å². The number of aromatic nitrogens is 4. The highest BCUT2D eigenvalue weighted by Gasteiger charge is 2.31. The van der Waals surface area contributed by atoms with Crippen molar-refractivity contribution >= 4 is 23.4 Å². The van der Waals surface area contributed by atoms with E-state index in [0.717, 1.165) is 12.1 Å². The minimum absolute atomic E-state index is 0.0674. The van der Waals surface area contributed by atoms with E-state index in [1.54, 1.807) is 27.0 Å². The molecule has 0 radical (unpaired) electrons. The van der Waals surface area contributed by atoms with E-state index in [0.29, 0.717) is 17.3 Å². The summed E-state index contributed by atoms with van der Waals surface area (Å²) < 4.78 is 42.1. The molecule has 0 saturated carbocycles. The molecule has 0 fully saturated rings. The average molecular weight is 447 g/mol. The number of hydrogen-bond acceptors (Lipinski definition) is 4. The Morgan fingerprint density at radius 1 is 1.19 bits per heavy atom. The molecule has 8 nitrogen and oxygen atoms in total. The van der Waals surface area contributed by atoms with Gasteiger partial charge in [-0.2, -0.15) is 23.4 Å². The number of halogens is 3. The zero-order valence-electron chi connectivity index (χ0n) is 18.3. The number of carbonyl (C=O) groups is 1. The van der Waals surface area contributed by atoms with Crippen molar-refractivity contribution in [3.05, 3.63) is 53.3 Å². The van der Waals surface area contributed by atoms with Crippen molar-refractivity contribution in [2.24, 2.45) is 12.0 Å². The summed E-state index contributed by atoms with van der Waals surface area (Å²) in [5, 5.41) is 14.2. The second-order valence-corrected chi connectivity index (χ2v) is 7.55. The van der Waals surface area contributed by atoms with E-state index in [1.165, 1.54) is 27.7 Å². The molecule has 2 heterocycles. The normalized spacial score (nSPS) is 12.3. The number of carbonyl (C=O) groups excluding carboxylic acids is 1. The van der Waals surface area contributed by atoms with Crippen molar-refractivity contribution in [3.8, 4) is 5.69 Å². The zero-order chi connectivity index (χ0) is 23.6. The van der Waals surface area contributed by atoms with Crippen molar-refractivity contribution in [2.75, 3.05) is 10.6 Å². The molecule has 0 atom stereocenters. The minimum atomic E-state index is -4.49. The molecule has 0 bridgehead atoms. The molecule has 2 aromatic heterocycles. The molecule has 3 rings (SSSR count). The summed E-state index contributed by atoms with van der Waals surface area (Å²) in [6, 6.07) is 6.38. The van der Waals surface area contributed by atoms with E-state index >= 15 is 0 Å². The maximum absolute atomic E-state index is 13.1. The van der Waals surface area contributed by atoms with Gasteiger partial charge < -0.3 is 10.6 Å². The molecular formula is C21H24F3N7O. The smallest absolute Gasteiger partial charge is 0.329 e. The van der Waals surface area contributed by atoms with E-state index in [2.05, 4.69) is 25.8 Å². The van der Waals surface area contributed by atoms with Gasteiger partial charge in [0.15, 0.2) is 0 Å². The Labute approximate surface area is 183 Å². The lowest BCUT2D eigenvalue weighted by atomic mass is 10.2. The number of aryl methyl sites for hydroxylation is 2. The monoisotopic (exact) mass is 447 g/mol. The summed E-state index contributed by atoms with van der Waals surface area (Å²) in [5.74, 6) is 0.786. The fraction of sp³-hybridized carbons (Fsp3) is 0.333. The number of amidine groups is 1. The van der Waals surface area contributed by atoms with Crippen LogP contribution in [0, 0.1) is 6.92 Å². The number of nitrogens with zero attached hydrogens (tertiary/aromatic N) is 5. The molecule has 170 valence electrons. The summed E-state index contributed by atoms with van der Waals surface area (Å²) in [4.78, 5) is 17.4. The van der Waals surface area contributed by atoms with Crippen LogP contribution in [-0.4, -0.2) is 37.3 Å². The zero-order valence-corrected chi connectivity index (χ0v) is 18.3. The molecule has 0 aliphatic heterocycles. The predicted molar refractivity (Wildman–Crippen MR) is 116 cm³/mol. The molecule has 0 spiro atoms. The summed E-state index contributed by atoms with van der Waals surface area (Å²) in [5.41, 5.74) is 0.147. The third-order valence-electron chi connectivity index (χ3n) is 4.43. The Hall–Kier alpha value is -3.63. The van der Waals surface area contributed by atoms with Gasteiger partial charge in [0.2, 0.25) is 0 Å². The second-order valence-electron chi connectivity index (χ2n) is 7.55. The Kier molecular flexibility index (Phi) is 6.37. The Morgan fingerprint density at radius 2 is 1.91 bits per heavy atom. The van der Waals surface area contributed by atoms with Crippen LogP contribution < -0.4 is 10.6 Å². The lowest BCUT2D eigenvalue weighted by Crippen LogP contribution is -2.19. The van der Waals surface area contributed by atoms with Crippen molar-refractivity contribution in [3.63, 3.8) is 0 Å². The second kappa shape index (κ2) is 8.85. The van der Waals surface area contributed by atoms with Gasteiger partial charge in [0.1, 0.15) is 17.2 Å². The van der Waals surface area contributed by atoms with E-state index in [1.807, 2.05) is 13.8 Å². The first-order valence-corrected chi connectivity index (χ1v) is 9.84. The van der Waals surface area contributed by atoms with E-state index in [9.17, 15) is 18.0 Å². The van der Waals surface area contributed by atoms with E-state index < -0.39 is 17.6 Å². The topological polar surface area (TPSA) is 89.1 Å². The summed E-state index contributed by atoms with van der Waals surface area (Å²) in [6.45, 7) is 7.32. The van der Waals surface area contributed by atoms with Gasteiger partial charge in [-0.3, -0.25) is 14.5 Å². The highest BCUT2D eigenvalue weighted by molar-refractivity contribution is 6.09. The lowest BCUT2D eigenvalue weighted by molar-refractivity contribution is -0.137. The van der Waals surface area contributed by atoms with Crippen LogP contribution in [-0.2, 0) is 13.2 Å². The molecule has 0 aliphatic carbocycles. The first-order valence-electron chi connectivity index (χ1n) is 9.84. The van der Waals surface area contributed by atoms with Crippen LogP contribution in [0.4, 0.5) is 24.8 Å². The number of alkyl halides is 3. The van der Waals surface area contributed by atoms with Crippen molar-refractivity contribution < 1.29 is 18.0 Å². The Balaban J connectivity index is 1.92. The van der Waals surface area contributed by atoms with Crippen LogP contribution >= 0.6 is 0 Å². The number of rotatable bonds is 5. The quantitative estimate of drug-likeness (QED) is 0.448. The van der Waals surface area contributed by atoms with Crippen molar-refractivity contribution in [2.45, 2.75) is 39.9 Å². The number of hydrogen-bond donors (Lipinski definition) is 2. The van der Waals surface area contributed by atoms with Crippen LogP contribution in [0.25, 0.3) is 5.69 Å². The minimum Gasteiger partial charge on any atom is -0.329 e. The summed E-state index contributed by atoms with van der Waals surface area (Å²) in [6.07, 6.45) is -3.09. The largest absolute Gasteiger partial charge is 0.416 e. The molecule has 0 saturated heterocycles. The molecule has 1 aromatic carbocycles. The molecule has 0 unspecified atom stereocenters. The molecule has 1 amide bonds. The standard InChI is InChI=1S/C21H24F3N7O/c1-12(2)26-14(4)27-19-17(11-25-30(19)5)20(32)28-18-9-13(3)29-31(18)16-8-6-7-15(10-16)21(22,23)24/h6-12H,1-5H3,(H,26,27)(H,28,32). The van der Waals surface area contributed by atoms with Gasteiger partial charge in [-0.05, 0) is 45.9 Å². The van der Waals surface area contributed by atoms with Gasteiger partial charge >= 0.3 is 6.18 Å². The molecular weight excluding hydrogens is 423 g/mol. The number of aliphatic imine (C=N–C) groups is 1. The summed E-state index contributed by atoms with van der Waals surface area (Å²) in [7, 11) is 1.68. The van der Waals surface area contributed by atoms with Crippen LogP contribution in [0.3, 0.4) is 0 Å². The molecule has 32 heavy (non-hydrogen) atoms. The molecule has 11 heteroatoms. The summed E-state index contributed by atoms with van der Waals surface area (Å²) >= 11 is 0. The van der Waals surface area contributed by atoms with Gasteiger partial charge in [0.25, 0.3) is 5.91 Å². The van der Waals surface area contributed by atoms with Gasteiger partial charge in [-0.1, -0.05) is 6.07 Å². The fourth-order valence-electron chi connectivity index (χ4n) is 3.13. The van der Waals surface area contributed by atoms with E-state index in [-0.39, 0.29) is 23.1 Å². The number of benzene rings is 1. The molecule has 2 N–H and O–H groups in total. The van der Waals surface area contributed by atoms with Crippen molar-refractivity contribution in [1.82, 2.24) is 19.6 Å². The first-order chi connectivity index (χ1) is 15.0. The lowest BCUT2D eigenvalue weighted by Gasteiger charge is -2.13. The van der Waals surface area contributed by atoms with Crippen LogP contribution in [0.2, 0.25) is 0 Å². The maximum atomic E-state index is 13.1. The number of amides is 1. The SMILES string of the molecule is CC(=NC(C)C)Nc1c(C(=O)Nc2cc(C)nn2-c2cccc(C(F)(F)F)c2)cnn1C. The number of anilines is 2. The van der Waals surface area contributed by atoms with Gasteiger partial charge in [-0.15, -0.1) is 0 Å². The predicted octanol–water partition coefficient (Wildman–Crippen LogP) is 4.42. The van der Waals surface area contributed by atoms with Crippen LogP contribution in [0.5, 0.6) is 0 Å². The maximum Gasteiger partial charge on any atom is 0.416 e. The average Bonchev–Trinajstić information content (AvgIpc) is 3.23. The highest BCUT2D eigenvalue weighted by atomic mass is 19.4. The third-order valence-corrected chi connectivity index (χ3v) is 4.43. The number of nitrogens with one attached hydrogen (secondary N) is 2. The Morgan fingerprint density at radius 3 is 2.56 bits per heavy atom. The van der Waals surface area contributed by atoms with Crippen LogP contribution in [0.1, 0.15) is 42.4 Å². The Bertz CT molecular complexity index is 1160. The van der Waals surface area contributed by atoms with Gasteiger partial charge in [0, 0.05) is 19.2 Å².